The maximum absolute atomic E-state index is 11.9. The van der Waals surface area contributed by atoms with Crippen LogP contribution in [0.2, 0.25) is 0 Å². The largest absolute Gasteiger partial charge is 0.482 e. The molecule has 0 fully saturated rings. The van der Waals surface area contributed by atoms with Gasteiger partial charge in [0.2, 0.25) is 0 Å². The quantitative estimate of drug-likeness (QED) is 0.893. The maximum atomic E-state index is 11.9. The van der Waals surface area contributed by atoms with E-state index in [0.717, 1.165) is 5.56 Å². The molecule has 0 atom stereocenters. The Morgan fingerprint density at radius 1 is 1.36 bits per heavy atom. The van der Waals surface area contributed by atoms with E-state index in [1.807, 2.05) is 18.2 Å². The number of nitrogens with zero attached hydrogens (tertiary/aromatic N) is 1. The molecule has 0 radical (unpaired) electrons. The molecule has 6 heteroatoms. The van der Waals surface area contributed by atoms with Gasteiger partial charge in [-0.3, -0.25) is 14.6 Å². The van der Waals surface area contributed by atoms with Crippen molar-refractivity contribution in [2.24, 2.45) is 0 Å². The van der Waals surface area contributed by atoms with Gasteiger partial charge in [0.05, 0.1) is 11.3 Å². The predicted molar refractivity (Wildman–Crippen MR) is 80.8 cm³/mol. The van der Waals surface area contributed by atoms with E-state index in [0.29, 0.717) is 30.0 Å². The fourth-order valence-electron chi connectivity index (χ4n) is 2.21. The number of carbonyl (C=O) groups is 2. The number of hydrogen-bond donors (Lipinski definition) is 2. The zero-order valence-corrected chi connectivity index (χ0v) is 11.8. The number of amides is 2. The molecule has 1 aromatic carbocycles. The molecule has 0 saturated heterocycles. The minimum Gasteiger partial charge on any atom is -0.482 e. The first kappa shape index (κ1) is 14.1. The smallest absolute Gasteiger partial charge is 0.262 e. The van der Waals surface area contributed by atoms with Gasteiger partial charge in [0.15, 0.2) is 6.61 Å². The second-order valence-corrected chi connectivity index (χ2v) is 4.91. The minimum atomic E-state index is -0.158. The SMILES string of the molecule is O=C1COc2ccc(CCNC(=O)c3cccnc3)cc2N1. The van der Waals surface area contributed by atoms with Crippen LogP contribution in [0.1, 0.15) is 15.9 Å². The lowest BCUT2D eigenvalue weighted by Crippen LogP contribution is -2.26. The van der Waals surface area contributed by atoms with E-state index in [1.54, 1.807) is 18.3 Å². The maximum Gasteiger partial charge on any atom is 0.262 e. The molecule has 2 aromatic rings. The summed E-state index contributed by atoms with van der Waals surface area (Å²) in [5.74, 6) is 0.361. The molecule has 3 rings (SSSR count). The Bertz CT molecular complexity index is 701. The zero-order chi connectivity index (χ0) is 15.4. The monoisotopic (exact) mass is 297 g/mol. The number of anilines is 1. The summed E-state index contributed by atoms with van der Waals surface area (Å²) in [6.07, 6.45) is 3.82. The molecule has 1 aliphatic heterocycles. The number of fused-ring (bicyclic) bond motifs is 1. The number of hydrogen-bond acceptors (Lipinski definition) is 4. The van der Waals surface area contributed by atoms with Crippen LogP contribution in [-0.4, -0.2) is 29.9 Å². The van der Waals surface area contributed by atoms with Gasteiger partial charge >= 0.3 is 0 Å². The van der Waals surface area contributed by atoms with E-state index >= 15 is 0 Å². The van der Waals surface area contributed by atoms with Crippen LogP contribution in [0.4, 0.5) is 5.69 Å². The summed E-state index contributed by atoms with van der Waals surface area (Å²) >= 11 is 0. The Morgan fingerprint density at radius 3 is 3.09 bits per heavy atom. The van der Waals surface area contributed by atoms with Crippen molar-refractivity contribution in [3.05, 3.63) is 53.9 Å². The molecule has 0 spiro atoms. The molecular formula is C16H15N3O3. The summed E-state index contributed by atoms with van der Waals surface area (Å²) in [6.45, 7) is 0.550. The van der Waals surface area contributed by atoms with E-state index in [-0.39, 0.29) is 18.4 Å². The van der Waals surface area contributed by atoms with E-state index in [4.69, 9.17) is 4.74 Å². The summed E-state index contributed by atoms with van der Waals surface area (Å²) in [5, 5.41) is 5.60. The van der Waals surface area contributed by atoms with Gasteiger partial charge in [-0.15, -0.1) is 0 Å². The summed E-state index contributed by atoms with van der Waals surface area (Å²) in [4.78, 5) is 27.1. The predicted octanol–water partition coefficient (Wildman–Crippen LogP) is 1.39. The number of rotatable bonds is 4. The zero-order valence-electron chi connectivity index (χ0n) is 11.8. The first-order valence-electron chi connectivity index (χ1n) is 6.96. The fourth-order valence-corrected chi connectivity index (χ4v) is 2.21. The van der Waals surface area contributed by atoms with Gasteiger partial charge in [0.25, 0.3) is 11.8 Å². The second-order valence-electron chi connectivity index (χ2n) is 4.91. The molecule has 2 N–H and O–H groups in total. The van der Waals surface area contributed by atoms with Crippen LogP contribution < -0.4 is 15.4 Å². The summed E-state index contributed by atoms with van der Waals surface area (Å²) < 4.78 is 5.30. The number of pyridine rings is 1. The Kier molecular flexibility index (Phi) is 4.00. The topological polar surface area (TPSA) is 80.3 Å². The molecule has 1 aromatic heterocycles. The summed E-state index contributed by atoms with van der Waals surface area (Å²) in [5.41, 5.74) is 2.22. The lowest BCUT2D eigenvalue weighted by molar-refractivity contribution is -0.118. The number of benzene rings is 1. The normalized spacial score (nSPS) is 12.8. The molecule has 112 valence electrons. The average molecular weight is 297 g/mol. The average Bonchev–Trinajstić information content (AvgIpc) is 2.55. The van der Waals surface area contributed by atoms with Crippen LogP contribution in [-0.2, 0) is 11.2 Å². The minimum absolute atomic E-state index is 0.0491. The highest BCUT2D eigenvalue weighted by molar-refractivity contribution is 5.95. The highest BCUT2D eigenvalue weighted by atomic mass is 16.5. The Labute approximate surface area is 127 Å². The molecule has 1 aliphatic rings. The van der Waals surface area contributed by atoms with Crippen molar-refractivity contribution in [2.45, 2.75) is 6.42 Å². The van der Waals surface area contributed by atoms with Crippen LogP contribution in [0, 0.1) is 0 Å². The molecule has 0 unspecified atom stereocenters. The third-order valence-corrected chi connectivity index (χ3v) is 3.30. The fraction of sp³-hybridized carbons (Fsp3) is 0.188. The van der Waals surface area contributed by atoms with Gasteiger partial charge in [-0.05, 0) is 36.2 Å². The van der Waals surface area contributed by atoms with Gasteiger partial charge in [0.1, 0.15) is 5.75 Å². The molecule has 6 nitrogen and oxygen atoms in total. The number of carbonyl (C=O) groups excluding carboxylic acids is 2. The second kappa shape index (κ2) is 6.26. The van der Waals surface area contributed by atoms with Crippen LogP contribution in [0.3, 0.4) is 0 Å². The summed E-state index contributed by atoms with van der Waals surface area (Å²) in [7, 11) is 0. The first-order valence-corrected chi connectivity index (χ1v) is 6.96. The van der Waals surface area contributed by atoms with E-state index < -0.39 is 0 Å². The third kappa shape index (κ3) is 3.22. The Hall–Kier alpha value is -2.89. The molecule has 0 saturated carbocycles. The van der Waals surface area contributed by atoms with Gasteiger partial charge in [-0.2, -0.15) is 0 Å². The van der Waals surface area contributed by atoms with Crippen molar-refractivity contribution in [1.82, 2.24) is 10.3 Å². The lowest BCUT2D eigenvalue weighted by atomic mass is 10.1. The molecule has 2 amide bonds. The summed E-state index contributed by atoms with van der Waals surface area (Å²) in [6, 6.07) is 9.05. The van der Waals surface area contributed by atoms with E-state index in [9.17, 15) is 9.59 Å². The van der Waals surface area contributed by atoms with Gasteiger partial charge in [0, 0.05) is 18.9 Å². The molecule has 2 heterocycles. The van der Waals surface area contributed by atoms with Crippen molar-refractivity contribution >= 4 is 17.5 Å². The van der Waals surface area contributed by atoms with Crippen molar-refractivity contribution in [3.8, 4) is 5.75 Å². The molecule has 0 aliphatic carbocycles. The highest BCUT2D eigenvalue weighted by Crippen LogP contribution is 2.28. The van der Waals surface area contributed by atoms with Crippen LogP contribution >= 0.6 is 0 Å². The van der Waals surface area contributed by atoms with Gasteiger partial charge < -0.3 is 15.4 Å². The Balaban J connectivity index is 1.57. The number of ether oxygens (including phenoxy) is 1. The van der Waals surface area contributed by atoms with Crippen molar-refractivity contribution < 1.29 is 14.3 Å². The highest BCUT2D eigenvalue weighted by Gasteiger charge is 2.15. The Morgan fingerprint density at radius 2 is 2.27 bits per heavy atom. The van der Waals surface area contributed by atoms with Crippen LogP contribution in [0.25, 0.3) is 0 Å². The van der Waals surface area contributed by atoms with Crippen LogP contribution in [0.15, 0.2) is 42.7 Å². The standard InChI is InChI=1S/C16H15N3O3/c20-15-10-22-14-4-3-11(8-13(14)19-15)5-7-18-16(21)12-2-1-6-17-9-12/h1-4,6,8-9H,5,7,10H2,(H,18,21)(H,19,20). The molecule has 0 bridgehead atoms. The van der Waals surface area contributed by atoms with Gasteiger partial charge in [-0.25, -0.2) is 0 Å². The molecule has 22 heavy (non-hydrogen) atoms. The van der Waals surface area contributed by atoms with E-state index in [2.05, 4.69) is 15.6 Å². The lowest BCUT2D eigenvalue weighted by Gasteiger charge is -2.18. The van der Waals surface area contributed by atoms with Gasteiger partial charge in [-0.1, -0.05) is 6.07 Å². The molecular weight excluding hydrogens is 282 g/mol. The number of nitrogens with one attached hydrogen (secondary N) is 2. The third-order valence-electron chi connectivity index (χ3n) is 3.30. The van der Waals surface area contributed by atoms with Crippen molar-refractivity contribution in [3.63, 3.8) is 0 Å². The number of aromatic nitrogens is 1. The first-order chi connectivity index (χ1) is 10.7. The van der Waals surface area contributed by atoms with Crippen molar-refractivity contribution in [1.29, 1.82) is 0 Å². The van der Waals surface area contributed by atoms with Crippen molar-refractivity contribution in [2.75, 3.05) is 18.5 Å². The van der Waals surface area contributed by atoms with E-state index in [1.165, 1.54) is 6.20 Å². The van der Waals surface area contributed by atoms with Crippen LogP contribution in [0.5, 0.6) is 5.75 Å².